The number of rotatable bonds is 6. The van der Waals surface area contributed by atoms with E-state index in [4.69, 9.17) is 0 Å². The van der Waals surface area contributed by atoms with Crippen LogP contribution in [0.15, 0.2) is 46.2 Å². The zero-order valence-corrected chi connectivity index (χ0v) is 18.4. The van der Waals surface area contributed by atoms with Crippen LogP contribution in [0.4, 0.5) is 0 Å². The lowest BCUT2D eigenvalue weighted by Gasteiger charge is -2.22. The number of aryl methyl sites for hydroxylation is 2. The van der Waals surface area contributed by atoms with Gasteiger partial charge in [-0.15, -0.1) is 0 Å². The van der Waals surface area contributed by atoms with Gasteiger partial charge in [-0.1, -0.05) is 35.4 Å². The molecule has 0 saturated heterocycles. The first kappa shape index (κ1) is 22.9. The third kappa shape index (κ3) is 5.28. The lowest BCUT2D eigenvalue weighted by Crippen LogP contribution is -2.17. The van der Waals surface area contributed by atoms with Crippen molar-refractivity contribution in [1.29, 1.82) is 0 Å². The second-order valence-electron chi connectivity index (χ2n) is 8.23. The largest absolute Gasteiger partial charge is 0.393 e. The van der Waals surface area contributed by atoms with Gasteiger partial charge in [-0.05, 0) is 74.6 Å². The Morgan fingerprint density at radius 1 is 0.767 bits per heavy atom. The maximum Gasteiger partial charge on any atom is 0.294 e. The molecule has 0 aliphatic heterocycles. The van der Waals surface area contributed by atoms with Crippen LogP contribution in [0.3, 0.4) is 0 Å². The molecule has 0 bridgehead atoms. The molecule has 9 heteroatoms. The Morgan fingerprint density at radius 2 is 1.13 bits per heavy atom. The lowest BCUT2D eigenvalue weighted by atomic mass is 9.85. The molecule has 2 unspecified atom stereocenters. The smallest absolute Gasteiger partial charge is 0.294 e. The Hall–Kier alpha value is -1.78. The molecule has 1 saturated carbocycles. The van der Waals surface area contributed by atoms with Crippen molar-refractivity contribution in [3.8, 4) is 0 Å². The van der Waals surface area contributed by atoms with Crippen molar-refractivity contribution < 1.29 is 31.0 Å². The quantitative estimate of drug-likeness (QED) is 0.572. The summed E-state index contributed by atoms with van der Waals surface area (Å²) in [5.41, 5.74) is 2.64. The maximum atomic E-state index is 11.8. The first-order valence-electron chi connectivity index (χ1n) is 9.66. The summed E-state index contributed by atoms with van der Waals surface area (Å²) < 4.78 is 66.3. The third-order valence-corrected chi connectivity index (χ3v) is 7.68. The highest BCUT2D eigenvalue weighted by molar-refractivity contribution is 7.86. The summed E-state index contributed by atoms with van der Waals surface area (Å²) in [5, 5.41) is 10.3. The molecule has 1 aliphatic rings. The van der Waals surface area contributed by atoms with E-state index in [-0.39, 0.29) is 21.6 Å². The fourth-order valence-corrected chi connectivity index (χ4v) is 5.91. The first-order valence-corrected chi connectivity index (χ1v) is 12.5. The van der Waals surface area contributed by atoms with Crippen molar-refractivity contribution in [2.45, 2.75) is 55.4 Å². The van der Waals surface area contributed by atoms with Crippen LogP contribution < -0.4 is 0 Å². The van der Waals surface area contributed by atoms with Gasteiger partial charge >= 0.3 is 0 Å². The van der Waals surface area contributed by atoms with E-state index >= 15 is 0 Å². The van der Waals surface area contributed by atoms with Gasteiger partial charge in [-0.25, -0.2) is 0 Å². The number of hydrogen-bond donors (Lipinski definition) is 3. The zero-order valence-electron chi connectivity index (χ0n) is 16.8. The Morgan fingerprint density at radius 3 is 1.47 bits per heavy atom. The number of aliphatic hydroxyl groups excluding tert-OH is 1. The minimum atomic E-state index is -4.39. The Labute approximate surface area is 177 Å². The normalized spacial score (nSPS) is 22.4. The molecule has 0 aromatic heterocycles. The molecule has 2 atom stereocenters. The number of benzene rings is 2. The summed E-state index contributed by atoms with van der Waals surface area (Å²) in [6.07, 6.45) is 0.947. The predicted octanol–water partition coefficient (Wildman–Crippen LogP) is 2.97. The van der Waals surface area contributed by atoms with Gasteiger partial charge in [0.2, 0.25) is 0 Å². The van der Waals surface area contributed by atoms with Crippen LogP contribution in [-0.2, 0) is 33.1 Å². The van der Waals surface area contributed by atoms with E-state index in [1.54, 1.807) is 24.3 Å². The van der Waals surface area contributed by atoms with E-state index in [0.717, 1.165) is 11.1 Å². The van der Waals surface area contributed by atoms with E-state index in [2.05, 4.69) is 0 Å². The van der Waals surface area contributed by atoms with Gasteiger partial charge in [-0.3, -0.25) is 9.11 Å². The van der Waals surface area contributed by atoms with Gasteiger partial charge < -0.3 is 5.11 Å². The topological polar surface area (TPSA) is 129 Å². The SMILES string of the molecule is Cc1ccc(S(=O)(=O)O)c(CC2CC(O)CC2Cc2cc(C)ccc2S(=O)(=O)O)c1. The Balaban J connectivity index is 1.94. The van der Waals surface area contributed by atoms with Gasteiger partial charge in [-0.2, -0.15) is 16.8 Å². The molecule has 0 heterocycles. The van der Waals surface area contributed by atoms with E-state index in [9.17, 15) is 31.0 Å². The molecule has 0 spiro atoms. The monoisotopic (exact) mass is 454 g/mol. The van der Waals surface area contributed by atoms with Gasteiger partial charge in [0.25, 0.3) is 20.2 Å². The van der Waals surface area contributed by atoms with Crippen LogP contribution in [0.25, 0.3) is 0 Å². The minimum Gasteiger partial charge on any atom is -0.393 e. The molecule has 3 rings (SSSR count). The highest BCUT2D eigenvalue weighted by Gasteiger charge is 2.35. The molecule has 1 aliphatic carbocycles. The molecule has 0 amide bonds. The fraction of sp³-hybridized carbons (Fsp3) is 0.429. The molecule has 2 aromatic carbocycles. The molecule has 1 fully saturated rings. The van der Waals surface area contributed by atoms with E-state index in [0.29, 0.717) is 36.8 Å². The van der Waals surface area contributed by atoms with Crippen LogP contribution in [0, 0.1) is 25.7 Å². The van der Waals surface area contributed by atoms with Crippen molar-refractivity contribution in [3.63, 3.8) is 0 Å². The highest BCUT2D eigenvalue weighted by Crippen LogP contribution is 2.39. The molecule has 0 radical (unpaired) electrons. The second-order valence-corrected chi connectivity index (χ2v) is 11.0. The van der Waals surface area contributed by atoms with Gasteiger partial charge in [0.1, 0.15) is 0 Å². The number of hydrogen-bond acceptors (Lipinski definition) is 5. The summed E-state index contributed by atoms with van der Waals surface area (Å²) in [4.78, 5) is -0.301. The van der Waals surface area contributed by atoms with Crippen LogP contribution in [-0.4, -0.2) is 37.2 Å². The van der Waals surface area contributed by atoms with E-state index in [1.807, 2.05) is 13.8 Å². The van der Waals surface area contributed by atoms with Crippen molar-refractivity contribution >= 4 is 20.2 Å². The predicted molar refractivity (Wildman–Crippen MR) is 112 cm³/mol. The number of aliphatic hydroxyl groups is 1. The average molecular weight is 455 g/mol. The van der Waals surface area contributed by atoms with Crippen molar-refractivity contribution in [2.75, 3.05) is 0 Å². The molecule has 30 heavy (non-hydrogen) atoms. The molecular formula is C21H26O7S2. The lowest BCUT2D eigenvalue weighted by molar-refractivity contribution is 0.175. The second kappa shape index (κ2) is 8.39. The maximum absolute atomic E-state index is 11.8. The third-order valence-electron chi connectivity index (χ3n) is 5.77. The first-order chi connectivity index (χ1) is 13.8. The van der Waals surface area contributed by atoms with Crippen molar-refractivity contribution in [1.82, 2.24) is 0 Å². The minimum absolute atomic E-state index is 0.114. The van der Waals surface area contributed by atoms with Crippen LogP contribution in [0.5, 0.6) is 0 Å². The summed E-state index contributed by atoms with van der Waals surface area (Å²) in [5.74, 6) is -0.228. The van der Waals surface area contributed by atoms with Crippen molar-refractivity contribution in [2.24, 2.45) is 11.8 Å². The van der Waals surface area contributed by atoms with Gasteiger partial charge in [0, 0.05) is 0 Å². The van der Waals surface area contributed by atoms with Crippen LogP contribution >= 0.6 is 0 Å². The van der Waals surface area contributed by atoms with E-state index in [1.165, 1.54) is 12.1 Å². The summed E-state index contributed by atoms with van der Waals surface area (Å²) in [6, 6.07) is 9.38. The van der Waals surface area contributed by atoms with Gasteiger partial charge in [0.05, 0.1) is 15.9 Å². The Kier molecular flexibility index (Phi) is 6.41. The Bertz CT molecular complexity index is 1060. The average Bonchev–Trinajstić information content (AvgIpc) is 2.91. The summed E-state index contributed by atoms with van der Waals surface area (Å²) >= 11 is 0. The summed E-state index contributed by atoms with van der Waals surface area (Å²) in [7, 11) is -8.78. The molecule has 164 valence electrons. The van der Waals surface area contributed by atoms with Crippen LogP contribution in [0.2, 0.25) is 0 Å². The zero-order chi connectivity index (χ0) is 22.3. The fourth-order valence-electron chi connectivity index (χ4n) is 4.48. The molecule has 3 N–H and O–H groups in total. The molecular weight excluding hydrogens is 428 g/mol. The van der Waals surface area contributed by atoms with Crippen LogP contribution in [0.1, 0.15) is 35.1 Å². The summed E-state index contributed by atoms with van der Waals surface area (Å²) in [6.45, 7) is 3.65. The highest BCUT2D eigenvalue weighted by atomic mass is 32.2. The van der Waals surface area contributed by atoms with E-state index < -0.39 is 26.3 Å². The van der Waals surface area contributed by atoms with Crippen molar-refractivity contribution in [3.05, 3.63) is 58.7 Å². The molecule has 2 aromatic rings. The standard InChI is InChI=1S/C21H26O7S2/c1-13-3-5-20(29(23,24)25)17(7-13)9-15-11-19(22)12-16(15)10-18-8-14(2)4-6-21(18)30(26,27)28/h3-8,15-16,19,22H,9-12H2,1-2H3,(H,23,24,25)(H,26,27,28). The van der Waals surface area contributed by atoms with Gasteiger partial charge in [0.15, 0.2) is 0 Å². The molecule has 7 nitrogen and oxygen atoms in total.